The van der Waals surface area contributed by atoms with E-state index in [1.54, 1.807) is 18.8 Å². The molecule has 0 N–H and O–H groups in total. The van der Waals surface area contributed by atoms with Crippen LogP contribution in [0.25, 0.3) is 11.3 Å². The minimum Gasteiger partial charge on any atom is -0.462 e. The van der Waals surface area contributed by atoms with Gasteiger partial charge in [-0.3, -0.25) is 0 Å². The molecule has 106 valence electrons. The van der Waals surface area contributed by atoms with Crippen LogP contribution >= 0.6 is 0 Å². The second-order valence-electron chi connectivity index (χ2n) is 4.54. The summed E-state index contributed by atoms with van der Waals surface area (Å²) in [5.41, 5.74) is 4.15. The highest BCUT2D eigenvalue weighted by molar-refractivity contribution is 5.99. The number of aryl methyl sites for hydroxylation is 1. The van der Waals surface area contributed by atoms with E-state index in [-0.39, 0.29) is 5.97 Å². The lowest BCUT2D eigenvalue weighted by Gasteiger charge is -2.13. The SMILES string of the molecule is CCOC(=O)c1c2c(n(OC)c1C)CCc1nonc1-2. The van der Waals surface area contributed by atoms with Crippen molar-refractivity contribution >= 4 is 5.97 Å². The molecule has 0 atom stereocenters. The number of carbonyl (C=O) groups excluding carboxylic acids is 1. The average molecular weight is 277 g/mol. The van der Waals surface area contributed by atoms with Crippen LogP contribution in [0.3, 0.4) is 0 Å². The maximum atomic E-state index is 12.2. The predicted octanol–water partition coefficient (Wildman–Crippen LogP) is 1.18. The highest BCUT2D eigenvalue weighted by Gasteiger charge is 2.34. The molecule has 2 aromatic rings. The largest absolute Gasteiger partial charge is 0.462 e. The van der Waals surface area contributed by atoms with E-state index in [1.165, 1.54) is 0 Å². The Labute approximate surface area is 115 Å². The Hall–Kier alpha value is -2.31. The number of ether oxygens (including phenoxy) is 1. The van der Waals surface area contributed by atoms with E-state index >= 15 is 0 Å². The molecule has 0 radical (unpaired) electrons. The van der Waals surface area contributed by atoms with Crippen LogP contribution in [0.2, 0.25) is 0 Å². The normalized spacial score (nSPS) is 12.8. The van der Waals surface area contributed by atoms with Gasteiger partial charge in [-0.25, -0.2) is 9.42 Å². The van der Waals surface area contributed by atoms with Gasteiger partial charge >= 0.3 is 5.97 Å². The molecule has 2 heterocycles. The van der Waals surface area contributed by atoms with Crippen molar-refractivity contribution in [1.82, 2.24) is 15.0 Å². The van der Waals surface area contributed by atoms with Gasteiger partial charge in [0, 0.05) is 12.0 Å². The molecular weight excluding hydrogens is 262 g/mol. The van der Waals surface area contributed by atoms with Crippen LogP contribution in [0.5, 0.6) is 0 Å². The maximum Gasteiger partial charge on any atom is 0.340 e. The zero-order valence-corrected chi connectivity index (χ0v) is 11.6. The first-order valence-corrected chi connectivity index (χ1v) is 6.46. The number of aromatic nitrogens is 3. The second kappa shape index (κ2) is 4.66. The fourth-order valence-electron chi connectivity index (χ4n) is 2.71. The lowest BCUT2D eigenvalue weighted by Crippen LogP contribution is -2.14. The molecule has 0 spiro atoms. The number of rotatable bonds is 3. The van der Waals surface area contributed by atoms with Crippen molar-refractivity contribution in [2.45, 2.75) is 26.7 Å². The number of hydrogen-bond donors (Lipinski definition) is 0. The monoisotopic (exact) mass is 277 g/mol. The first kappa shape index (κ1) is 12.7. The summed E-state index contributed by atoms with van der Waals surface area (Å²) in [6, 6.07) is 0. The highest BCUT2D eigenvalue weighted by Crippen LogP contribution is 2.37. The first-order valence-electron chi connectivity index (χ1n) is 6.46. The van der Waals surface area contributed by atoms with Gasteiger partial charge in [-0.05, 0) is 25.4 Å². The summed E-state index contributed by atoms with van der Waals surface area (Å²) >= 11 is 0. The Morgan fingerprint density at radius 1 is 1.40 bits per heavy atom. The summed E-state index contributed by atoms with van der Waals surface area (Å²) in [4.78, 5) is 17.6. The third kappa shape index (κ3) is 1.62. The van der Waals surface area contributed by atoms with Gasteiger partial charge < -0.3 is 9.57 Å². The predicted molar refractivity (Wildman–Crippen MR) is 68.3 cm³/mol. The van der Waals surface area contributed by atoms with Crippen molar-refractivity contribution in [2.75, 3.05) is 13.7 Å². The van der Waals surface area contributed by atoms with Crippen LogP contribution in [0.15, 0.2) is 4.63 Å². The quantitative estimate of drug-likeness (QED) is 0.784. The second-order valence-corrected chi connectivity index (χ2v) is 4.54. The van der Waals surface area contributed by atoms with E-state index in [9.17, 15) is 4.79 Å². The number of nitrogens with zero attached hydrogens (tertiary/aromatic N) is 3. The number of carbonyl (C=O) groups is 1. The van der Waals surface area contributed by atoms with Crippen molar-refractivity contribution < 1.29 is 19.0 Å². The fraction of sp³-hybridized carbons (Fsp3) is 0.462. The zero-order chi connectivity index (χ0) is 14.3. The molecule has 7 heteroatoms. The van der Waals surface area contributed by atoms with Crippen LogP contribution in [-0.2, 0) is 17.6 Å². The van der Waals surface area contributed by atoms with Crippen molar-refractivity contribution in [3.63, 3.8) is 0 Å². The number of fused-ring (bicyclic) bond motifs is 3. The van der Waals surface area contributed by atoms with E-state index < -0.39 is 0 Å². The highest BCUT2D eigenvalue weighted by atomic mass is 16.6. The molecule has 0 bridgehead atoms. The molecule has 0 fully saturated rings. The van der Waals surface area contributed by atoms with Crippen LogP contribution in [0.4, 0.5) is 0 Å². The Morgan fingerprint density at radius 2 is 2.20 bits per heavy atom. The summed E-state index contributed by atoms with van der Waals surface area (Å²) in [6.45, 7) is 3.91. The van der Waals surface area contributed by atoms with Gasteiger partial charge in [0.05, 0.1) is 23.6 Å². The van der Waals surface area contributed by atoms with E-state index in [1.807, 2.05) is 6.92 Å². The molecule has 20 heavy (non-hydrogen) atoms. The molecule has 1 aliphatic carbocycles. The number of hydrogen-bond acceptors (Lipinski definition) is 6. The molecule has 7 nitrogen and oxygen atoms in total. The molecule has 0 saturated carbocycles. The molecule has 0 amide bonds. The van der Waals surface area contributed by atoms with Gasteiger partial charge in [-0.15, -0.1) is 0 Å². The summed E-state index contributed by atoms with van der Waals surface area (Å²) in [6.07, 6.45) is 1.42. The first-order chi connectivity index (χ1) is 9.69. The smallest absolute Gasteiger partial charge is 0.340 e. The van der Waals surface area contributed by atoms with Crippen LogP contribution in [0, 0.1) is 6.92 Å². The van der Waals surface area contributed by atoms with Crippen LogP contribution < -0.4 is 4.84 Å². The lowest BCUT2D eigenvalue weighted by molar-refractivity contribution is 0.0523. The average Bonchev–Trinajstić information content (AvgIpc) is 2.99. The molecular formula is C13H15N3O4. The van der Waals surface area contributed by atoms with E-state index in [2.05, 4.69) is 10.3 Å². The van der Waals surface area contributed by atoms with Gasteiger partial charge in [0.2, 0.25) is 0 Å². The Kier molecular flexibility index (Phi) is 2.96. The van der Waals surface area contributed by atoms with Crippen LogP contribution in [0.1, 0.15) is 34.4 Å². The van der Waals surface area contributed by atoms with Gasteiger partial charge in [0.15, 0.2) is 0 Å². The molecule has 2 aromatic heterocycles. The van der Waals surface area contributed by atoms with E-state index in [0.29, 0.717) is 42.0 Å². The van der Waals surface area contributed by atoms with Gasteiger partial charge in [0.25, 0.3) is 0 Å². The minimum absolute atomic E-state index is 0.315. The van der Waals surface area contributed by atoms with Crippen LogP contribution in [-0.4, -0.2) is 34.7 Å². The summed E-state index contributed by atoms with van der Waals surface area (Å²) in [5, 5.41) is 7.81. The Morgan fingerprint density at radius 3 is 2.90 bits per heavy atom. The van der Waals surface area contributed by atoms with Gasteiger partial charge in [0.1, 0.15) is 18.5 Å². The Balaban J connectivity index is 2.26. The number of esters is 1. The molecule has 0 aromatic carbocycles. The van der Waals surface area contributed by atoms with Crippen molar-refractivity contribution in [3.05, 3.63) is 22.6 Å². The summed E-state index contributed by atoms with van der Waals surface area (Å²) < 4.78 is 11.6. The Bertz CT molecular complexity index is 671. The standard InChI is InChI=1S/C13H15N3O4/c1-4-19-13(17)10-7(2)16(18-3)9-6-5-8-12(11(9)10)15-20-14-8/h4-6H2,1-3H3. The minimum atomic E-state index is -0.382. The third-order valence-corrected chi connectivity index (χ3v) is 3.50. The van der Waals surface area contributed by atoms with E-state index in [0.717, 1.165) is 11.4 Å². The fourth-order valence-corrected chi connectivity index (χ4v) is 2.71. The topological polar surface area (TPSA) is 79.4 Å². The van der Waals surface area contributed by atoms with Crippen molar-refractivity contribution in [1.29, 1.82) is 0 Å². The van der Waals surface area contributed by atoms with Gasteiger partial charge in [-0.2, -0.15) is 4.73 Å². The molecule has 3 rings (SSSR count). The van der Waals surface area contributed by atoms with E-state index in [4.69, 9.17) is 14.2 Å². The maximum absolute atomic E-state index is 12.2. The van der Waals surface area contributed by atoms with Gasteiger partial charge in [-0.1, -0.05) is 5.16 Å². The third-order valence-electron chi connectivity index (χ3n) is 3.50. The molecule has 1 aliphatic rings. The molecule has 0 aliphatic heterocycles. The zero-order valence-electron chi connectivity index (χ0n) is 11.6. The lowest BCUT2D eigenvalue weighted by atomic mass is 9.95. The van der Waals surface area contributed by atoms with Crippen molar-refractivity contribution in [3.8, 4) is 11.3 Å². The summed E-state index contributed by atoms with van der Waals surface area (Å²) in [5.74, 6) is -0.382. The van der Waals surface area contributed by atoms with Crippen molar-refractivity contribution in [2.24, 2.45) is 0 Å². The molecule has 0 saturated heterocycles. The molecule has 0 unspecified atom stereocenters. The summed E-state index contributed by atoms with van der Waals surface area (Å²) in [7, 11) is 1.57.